The molecule has 2 aromatic rings. The summed E-state index contributed by atoms with van der Waals surface area (Å²) in [6.07, 6.45) is 2.04. The minimum Gasteiger partial charge on any atom is -0.304 e. The zero-order chi connectivity index (χ0) is 12.3. The van der Waals surface area contributed by atoms with Crippen LogP contribution in [0.4, 0.5) is 0 Å². The highest BCUT2D eigenvalue weighted by molar-refractivity contribution is 7.07. The quantitative estimate of drug-likeness (QED) is 0.880. The highest BCUT2D eigenvalue weighted by Crippen LogP contribution is 2.16. The van der Waals surface area contributed by atoms with Crippen molar-refractivity contribution in [3.05, 3.63) is 40.3 Å². The first-order chi connectivity index (χ1) is 8.16. The molecule has 0 radical (unpaired) electrons. The minimum absolute atomic E-state index is 0.380. The van der Waals surface area contributed by atoms with Crippen LogP contribution < -0.4 is 5.32 Å². The largest absolute Gasteiger partial charge is 0.304 e. The Morgan fingerprint density at radius 2 is 2.18 bits per heavy atom. The standard InChI is InChI=1S/C13H19N3S/c1-10(2)16-6-4-13(15-16)8-14-11(3)12-5-7-17-9-12/h4-7,9-11,14H,8H2,1-3H3. The van der Waals surface area contributed by atoms with Crippen molar-refractivity contribution in [2.24, 2.45) is 0 Å². The molecule has 0 amide bonds. The fourth-order valence-electron chi connectivity index (χ4n) is 1.66. The van der Waals surface area contributed by atoms with Gasteiger partial charge in [0.15, 0.2) is 0 Å². The molecule has 0 bridgehead atoms. The summed E-state index contributed by atoms with van der Waals surface area (Å²) in [6.45, 7) is 7.27. The summed E-state index contributed by atoms with van der Waals surface area (Å²) < 4.78 is 1.99. The molecular formula is C13H19N3S. The summed E-state index contributed by atoms with van der Waals surface area (Å²) in [5.41, 5.74) is 2.44. The molecule has 1 atom stereocenters. The van der Waals surface area contributed by atoms with Crippen LogP contribution in [-0.4, -0.2) is 9.78 Å². The predicted molar refractivity (Wildman–Crippen MR) is 72.2 cm³/mol. The average molecular weight is 249 g/mol. The minimum atomic E-state index is 0.380. The van der Waals surface area contributed by atoms with Crippen LogP contribution in [0.15, 0.2) is 29.1 Å². The molecule has 17 heavy (non-hydrogen) atoms. The van der Waals surface area contributed by atoms with Crippen molar-refractivity contribution in [3.8, 4) is 0 Å². The lowest BCUT2D eigenvalue weighted by Gasteiger charge is -2.11. The lowest BCUT2D eigenvalue weighted by Crippen LogP contribution is -2.18. The smallest absolute Gasteiger partial charge is 0.0762 e. The molecule has 0 aliphatic heterocycles. The second kappa shape index (κ2) is 5.47. The molecule has 92 valence electrons. The lowest BCUT2D eigenvalue weighted by molar-refractivity contribution is 0.512. The topological polar surface area (TPSA) is 29.9 Å². The number of nitrogens with zero attached hydrogens (tertiary/aromatic N) is 2. The van der Waals surface area contributed by atoms with Gasteiger partial charge in [-0.25, -0.2) is 0 Å². The molecule has 0 fully saturated rings. The molecule has 0 aromatic carbocycles. The van der Waals surface area contributed by atoms with Gasteiger partial charge in [-0.05, 0) is 49.2 Å². The number of thiophene rings is 1. The van der Waals surface area contributed by atoms with Crippen molar-refractivity contribution in [2.75, 3.05) is 0 Å². The van der Waals surface area contributed by atoms with Gasteiger partial charge in [-0.2, -0.15) is 16.4 Å². The third kappa shape index (κ3) is 3.17. The van der Waals surface area contributed by atoms with Crippen molar-refractivity contribution >= 4 is 11.3 Å². The molecule has 0 aliphatic carbocycles. The van der Waals surface area contributed by atoms with Gasteiger partial charge in [-0.1, -0.05) is 0 Å². The van der Waals surface area contributed by atoms with Gasteiger partial charge in [0.05, 0.1) is 5.69 Å². The number of hydrogen-bond acceptors (Lipinski definition) is 3. The van der Waals surface area contributed by atoms with Gasteiger partial charge in [-0.15, -0.1) is 0 Å². The molecule has 1 N–H and O–H groups in total. The van der Waals surface area contributed by atoms with E-state index in [1.165, 1.54) is 5.56 Å². The SMILES string of the molecule is CC(NCc1ccn(C(C)C)n1)c1ccsc1. The zero-order valence-corrected chi connectivity index (χ0v) is 11.4. The Balaban J connectivity index is 1.89. The summed E-state index contributed by atoms with van der Waals surface area (Å²) in [4.78, 5) is 0. The molecule has 2 rings (SSSR count). The molecule has 1 unspecified atom stereocenters. The van der Waals surface area contributed by atoms with E-state index in [0.717, 1.165) is 12.2 Å². The van der Waals surface area contributed by atoms with Gasteiger partial charge in [0.2, 0.25) is 0 Å². The summed E-state index contributed by atoms with van der Waals surface area (Å²) >= 11 is 1.74. The predicted octanol–water partition coefficient (Wildman–Crippen LogP) is 3.38. The van der Waals surface area contributed by atoms with Crippen LogP contribution in [0.5, 0.6) is 0 Å². The highest BCUT2D eigenvalue weighted by atomic mass is 32.1. The second-order valence-electron chi connectivity index (χ2n) is 4.54. The van der Waals surface area contributed by atoms with E-state index >= 15 is 0 Å². The van der Waals surface area contributed by atoms with E-state index in [1.54, 1.807) is 11.3 Å². The molecule has 0 saturated carbocycles. The van der Waals surface area contributed by atoms with Crippen molar-refractivity contribution in [2.45, 2.75) is 39.4 Å². The zero-order valence-electron chi connectivity index (χ0n) is 10.6. The average Bonchev–Trinajstić information content (AvgIpc) is 2.97. The summed E-state index contributed by atoms with van der Waals surface area (Å²) in [5.74, 6) is 0. The Labute approximate surface area is 106 Å². The number of rotatable bonds is 5. The van der Waals surface area contributed by atoms with Crippen molar-refractivity contribution in [1.29, 1.82) is 0 Å². The molecular weight excluding hydrogens is 230 g/mol. The molecule has 2 aromatic heterocycles. The van der Waals surface area contributed by atoms with E-state index < -0.39 is 0 Å². The third-order valence-electron chi connectivity index (χ3n) is 2.83. The number of nitrogens with one attached hydrogen (secondary N) is 1. The Morgan fingerprint density at radius 1 is 1.35 bits per heavy atom. The first-order valence-electron chi connectivity index (χ1n) is 5.96. The summed E-state index contributed by atoms with van der Waals surface area (Å²) in [6, 6.07) is 5.05. The maximum Gasteiger partial charge on any atom is 0.0762 e. The van der Waals surface area contributed by atoms with E-state index in [9.17, 15) is 0 Å². The van der Waals surface area contributed by atoms with Crippen molar-refractivity contribution < 1.29 is 0 Å². The van der Waals surface area contributed by atoms with Crippen molar-refractivity contribution in [3.63, 3.8) is 0 Å². The summed E-state index contributed by atoms with van der Waals surface area (Å²) in [5, 5.41) is 12.3. The van der Waals surface area contributed by atoms with Crippen LogP contribution in [0, 0.1) is 0 Å². The molecule has 0 aliphatic rings. The number of hydrogen-bond donors (Lipinski definition) is 1. The van der Waals surface area contributed by atoms with Crippen LogP contribution in [-0.2, 0) is 6.54 Å². The Morgan fingerprint density at radius 3 is 2.76 bits per heavy atom. The van der Waals surface area contributed by atoms with Gasteiger partial charge in [-0.3, -0.25) is 4.68 Å². The Bertz CT molecular complexity index is 445. The second-order valence-corrected chi connectivity index (χ2v) is 5.32. The van der Waals surface area contributed by atoms with Crippen molar-refractivity contribution in [1.82, 2.24) is 15.1 Å². The van der Waals surface area contributed by atoms with E-state index in [-0.39, 0.29) is 0 Å². The fraction of sp³-hybridized carbons (Fsp3) is 0.462. The van der Waals surface area contributed by atoms with Gasteiger partial charge >= 0.3 is 0 Å². The van der Waals surface area contributed by atoms with E-state index in [1.807, 2.05) is 10.9 Å². The molecule has 3 nitrogen and oxygen atoms in total. The molecule has 0 spiro atoms. The van der Waals surface area contributed by atoms with Crippen LogP contribution in [0.1, 0.15) is 44.1 Å². The Hall–Kier alpha value is -1.13. The maximum atomic E-state index is 4.52. The van der Waals surface area contributed by atoms with Gasteiger partial charge < -0.3 is 5.32 Å². The van der Waals surface area contributed by atoms with E-state index in [4.69, 9.17) is 0 Å². The first kappa shape index (κ1) is 12.3. The summed E-state index contributed by atoms with van der Waals surface area (Å²) in [7, 11) is 0. The van der Waals surface area contributed by atoms with E-state index in [2.05, 4.69) is 54.1 Å². The third-order valence-corrected chi connectivity index (χ3v) is 3.53. The normalized spacial score (nSPS) is 13.2. The first-order valence-corrected chi connectivity index (χ1v) is 6.90. The molecule has 0 saturated heterocycles. The monoisotopic (exact) mass is 249 g/mol. The fourth-order valence-corrected chi connectivity index (χ4v) is 2.41. The number of aromatic nitrogens is 2. The van der Waals surface area contributed by atoms with Crippen LogP contribution in [0.25, 0.3) is 0 Å². The van der Waals surface area contributed by atoms with Gasteiger partial charge in [0, 0.05) is 24.8 Å². The van der Waals surface area contributed by atoms with Crippen LogP contribution in [0.2, 0.25) is 0 Å². The highest BCUT2D eigenvalue weighted by Gasteiger charge is 2.06. The maximum absolute atomic E-state index is 4.52. The molecule has 4 heteroatoms. The lowest BCUT2D eigenvalue weighted by atomic mass is 10.2. The van der Waals surface area contributed by atoms with Crippen LogP contribution >= 0.6 is 11.3 Å². The van der Waals surface area contributed by atoms with Gasteiger partial charge in [0.1, 0.15) is 0 Å². The van der Waals surface area contributed by atoms with E-state index in [0.29, 0.717) is 12.1 Å². The Kier molecular flexibility index (Phi) is 3.97. The van der Waals surface area contributed by atoms with Crippen LogP contribution in [0.3, 0.4) is 0 Å². The molecule has 2 heterocycles. The van der Waals surface area contributed by atoms with Gasteiger partial charge in [0.25, 0.3) is 0 Å².